The maximum atomic E-state index is 12.6. The van der Waals surface area contributed by atoms with Gasteiger partial charge in [0, 0.05) is 25.6 Å². The Bertz CT molecular complexity index is 1340. The first kappa shape index (κ1) is 22.8. The predicted octanol–water partition coefficient (Wildman–Crippen LogP) is 2.14. The molecular weight excluding hydrogens is 452 g/mol. The molecule has 3 aromatic heterocycles. The number of methoxy groups -OCH3 is 1. The maximum Gasteiger partial charge on any atom is 0.263 e. The zero-order valence-electron chi connectivity index (χ0n) is 19.4. The molecule has 3 aromatic rings. The summed E-state index contributed by atoms with van der Waals surface area (Å²) in [6.45, 7) is 1.10. The van der Waals surface area contributed by atoms with Crippen LogP contribution in [0.5, 0.6) is 11.6 Å². The Hall–Kier alpha value is -4.02. The molecule has 5 heterocycles. The minimum Gasteiger partial charge on any atom is -0.480 e. The van der Waals surface area contributed by atoms with Crippen LogP contribution < -0.4 is 25.2 Å². The van der Waals surface area contributed by atoms with Crippen molar-refractivity contribution in [3.05, 3.63) is 40.8 Å². The normalized spacial score (nSPS) is 17.3. The number of aryl methyl sites for hydroxylation is 1. The molecule has 35 heavy (non-hydrogen) atoms. The van der Waals surface area contributed by atoms with Gasteiger partial charge in [0.25, 0.3) is 11.5 Å². The third-order valence-electron chi connectivity index (χ3n) is 6.31. The topological polar surface area (TPSA) is 129 Å². The average molecular weight is 479 g/mol. The Morgan fingerprint density at radius 1 is 1.11 bits per heavy atom. The van der Waals surface area contributed by atoms with E-state index in [1.54, 1.807) is 27.7 Å². The summed E-state index contributed by atoms with van der Waals surface area (Å²) in [4.78, 5) is 51.3. The summed E-state index contributed by atoms with van der Waals surface area (Å²) < 4.78 is 12.1. The van der Waals surface area contributed by atoms with Crippen molar-refractivity contribution >= 4 is 34.6 Å². The number of anilines is 2. The molecule has 11 heteroatoms. The number of rotatable bonds is 8. The fourth-order valence-corrected chi connectivity index (χ4v) is 4.53. The molecule has 2 amide bonds. The van der Waals surface area contributed by atoms with Crippen molar-refractivity contribution in [1.29, 1.82) is 0 Å². The number of pyridine rings is 2. The van der Waals surface area contributed by atoms with E-state index in [2.05, 4.69) is 20.3 Å². The Labute approximate surface area is 201 Å². The van der Waals surface area contributed by atoms with E-state index in [1.807, 2.05) is 0 Å². The Morgan fingerprint density at radius 3 is 2.86 bits per heavy atom. The summed E-state index contributed by atoms with van der Waals surface area (Å²) >= 11 is 0. The lowest BCUT2D eigenvalue weighted by Crippen LogP contribution is -2.29. The Morgan fingerprint density at radius 2 is 2.00 bits per heavy atom. The van der Waals surface area contributed by atoms with Crippen LogP contribution in [-0.2, 0) is 16.1 Å². The van der Waals surface area contributed by atoms with E-state index in [4.69, 9.17) is 9.47 Å². The van der Waals surface area contributed by atoms with Gasteiger partial charge in [0.2, 0.25) is 11.8 Å². The van der Waals surface area contributed by atoms with Gasteiger partial charge in [0.05, 0.1) is 13.3 Å². The van der Waals surface area contributed by atoms with E-state index in [-0.39, 0.29) is 29.9 Å². The summed E-state index contributed by atoms with van der Waals surface area (Å²) in [5.41, 5.74) is 1.06. The molecule has 0 aromatic carbocycles. The molecule has 11 nitrogen and oxygen atoms in total. The Kier molecular flexibility index (Phi) is 6.30. The van der Waals surface area contributed by atoms with Gasteiger partial charge in [0.15, 0.2) is 23.8 Å². The standard InChI is InChI=1S/C24H26N6O5/c1-34-20-12-25-16-6-9-21(32)29(24(16)28-20)10-4-2-3-5-15-11-22(33)30(13-15)18-8-7-17-23(26-18)27-19(31)14-35-17/h6-9,12,15H,2-5,10-11,13-14H2,1H3,(H,26,27,31)/t15-/m0/s1. The number of hydrogen-bond acceptors (Lipinski definition) is 8. The lowest BCUT2D eigenvalue weighted by Gasteiger charge is -2.21. The van der Waals surface area contributed by atoms with Gasteiger partial charge in [-0.15, -0.1) is 0 Å². The highest BCUT2D eigenvalue weighted by Crippen LogP contribution is 2.32. The minimum absolute atomic E-state index is 0.0281. The molecule has 182 valence electrons. The zero-order valence-corrected chi connectivity index (χ0v) is 19.4. The number of unbranched alkanes of at least 4 members (excludes halogenated alkanes) is 2. The van der Waals surface area contributed by atoms with E-state index in [0.717, 1.165) is 25.7 Å². The molecule has 1 atom stereocenters. The molecule has 2 aliphatic heterocycles. The fourth-order valence-electron chi connectivity index (χ4n) is 4.53. The first-order chi connectivity index (χ1) is 17.0. The van der Waals surface area contributed by atoms with E-state index in [9.17, 15) is 14.4 Å². The lowest BCUT2D eigenvalue weighted by molar-refractivity contribution is -0.119. The van der Waals surface area contributed by atoms with E-state index >= 15 is 0 Å². The minimum atomic E-state index is -0.260. The monoisotopic (exact) mass is 478 g/mol. The molecule has 0 aliphatic carbocycles. The summed E-state index contributed by atoms with van der Waals surface area (Å²) in [6.07, 6.45) is 5.60. The van der Waals surface area contributed by atoms with Crippen molar-refractivity contribution in [2.24, 2.45) is 5.92 Å². The molecule has 0 spiro atoms. The first-order valence-corrected chi connectivity index (χ1v) is 11.7. The van der Waals surface area contributed by atoms with Crippen LogP contribution in [0.15, 0.2) is 35.3 Å². The zero-order chi connectivity index (χ0) is 24.4. The van der Waals surface area contributed by atoms with Crippen molar-refractivity contribution in [2.75, 3.05) is 30.5 Å². The number of amides is 2. The molecule has 1 fully saturated rings. The fraction of sp³-hybridized carbons (Fsp3) is 0.417. The van der Waals surface area contributed by atoms with Gasteiger partial charge in [-0.2, -0.15) is 4.98 Å². The van der Waals surface area contributed by atoms with Crippen molar-refractivity contribution in [3.8, 4) is 11.6 Å². The highest BCUT2D eigenvalue weighted by Gasteiger charge is 2.31. The van der Waals surface area contributed by atoms with Crippen molar-refractivity contribution in [1.82, 2.24) is 19.5 Å². The van der Waals surface area contributed by atoms with Crippen LogP contribution in [0, 0.1) is 5.92 Å². The number of aromatic nitrogens is 4. The van der Waals surface area contributed by atoms with E-state index < -0.39 is 0 Å². The first-order valence-electron chi connectivity index (χ1n) is 11.7. The van der Waals surface area contributed by atoms with Crippen LogP contribution in [0.25, 0.3) is 11.2 Å². The number of fused-ring (bicyclic) bond motifs is 2. The third kappa shape index (κ3) is 4.79. The molecule has 0 unspecified atom stereocenters. The summed E-state index contributed by atoms with van der Waals surface area (Å²) in [7, 11) is 1.52. The van der Waals surface area contributed by atoms with Gasteiger partial charge in [0.1, 0.15) is 11.3 Å². The average Bonchev–Trinajstić information content (AvgIpc) is 3.24. The van der Waals surface area contributed by atoms with Crippen LogP contribution >= 0.6 is 0 Å². The van der Waals surface area contributed by atoms with E-state index in [0.29, 0.717) is 53.9 Å². The summed E-state index contributed by atoms with van der Waals surface area (Å²) in [5, 5.41) is 2.68. The van der Waals surface area contributed by atoms with Crippen LogP contribution in [0.4, 0.5) is 11.6 Å². The lowest BCUT2D eigenvalue weighted by atomic mass is 10.0. The summed E-state index contributed by atoms with van der Waals surface area (Å²) in [5.74, 6) is 1.75. The molecule has 1 saturated heterocycles. The van der Waals surface area contributed by atoms with Crippen molar-refractivity contribution in [2.45, 2.75) is 38.6 Å². The predicted molar refractivity (Wildman–Crippen MR) is 128 cm³/mol. The van der Waals surface area contributed by atoms with Crippen LogP contribution in [0.1, 0.15) is 32.1 Å². The number of hydrogen-bond donors (Lipinski definition) is 1. The highest BCUT2D eigenvalue weighted by atomic mass is 16.5. The quantitative estimate of drug-likeness (QED) is 0.488. The molecule has 0 bridgehead atoms. The second-order valence-corrected chi connectivity index (χ2v) is 8.72. The van der Waals surface area contributed by atoms with Gasteiger partial charge in [-0.05, 0) is 37.0 Å². The molecule has 2 aliphatic rings. The molecular formula is C24H26N6O5. The van der Waals surface area contributed by atoms with Crippen LogP contribution in [-0.4, -0.2) is 51.6 Å². The van der Waals surface area contributed by atoms with Crippen molar-refractivity contribution in [3.63, 3.8) is 0 Å². The number of nitrogens with one attached hydrogen (secondary N) is 1. The number of carbonyl (C=O) groups excluding carboxylic acids is 2. The van der Waals surface area contributed by atoms with Gasteiger partial charge in [-0.1, -0.05) is 12.8 Å². The maximum absolute atomic E-state index is 12.6. The number of carbonyl (C=O) groups is 2. The number of nitrogens with zero attached hydrogens (tertiary/aromatic N) is 5. The van der Waals surface area contributed by atoms with E-state index in [1.165, 1.54) is 19.4 Å². The Balaban J connectivity index is 1.14. The van der Waals surface area contributed by atoms with Gasteiger partial charge < -0.3 is 14.8 Å². The molecule has 1 N–H and O–H groups in total. The highest BCUT2D eigenvalue weighted by molar-refractivity contribution is 5.97. The molecule has 5 rings (SSSR count). The molecule has 0 radical (unpaired) electrons. The largest absolute Gasteiger partial charge is 0.480 e. The smallest absolute Gasteiger partial charge is 0.263 e. The van der Waals surface area contributed by atoms with Crippen LogP contribution in [0.3, 0.4) is 0 Å². The van der Waals surface area contributed by atoms with Crippen LogP contribution in [0.2, 0.25) is 0 Å². The SMILES string of the molecule is COc1cnc2ccc(=O)n(CCCCC[C@H]3CC(=O)N(c4ccc5c(n4)NC(=O)CO5)C3)c2n1. The van der Waals surface area contributed by atoms with Gasteiger partial charge >= 0.3 is 0 Å². The number of ether oxygens (including phenoxy) is 2. The third-order valence-corrected chi connectivity index (χ3v) is 6.31. The second-order valence-electron chi connectivity index (χ2n) is 8.72. The van der Waals surface area contributed by atoms with Gasteiger partial charge in [-0.3, -0.25) is 23.9 Å². The summed E-state index contributed by atoms with van der Waals surface area (Å²) in [6, 6.07) is 6.65. The second kappa shape index (κ2) is 9.69. The van der Waals surface area contributed by atoms with Gasteiger partial charge in [-0.25, -0.2) is 9.97 Å². The molecule has 0 saturated carbocycles. The van der Waals surface area contributed by atoms with Crippen molar-refractivity contribution < 1.29 is 19.1 Å².